The minimum Gasteiger partial charge on any atom is -0.370 e. The van der Waals surface area contributed by atoms with Crippen molar-refractivity contribution in [1.82, 2.24) is 24.4 Å². The molecule has 3 heterocycles. The van der Waals surface area contributed by atoms with Crippen LogP contribution in [0.4, 0.5) is 5.95 Å². The van der Waals surface area contributed by atoms with Crippen LogP contribution < -0.4 is 10.6 Å². The number of rotatable bonds is 3. The summed E-state index contributed by atoms with van der Waals surface area (Å²) in [7, 11) is 1.95. The molecule has 0 saturated carbocycles. The number of guanidine groups is 1. The summed E-state index contributed by atoms with van der Waals surface area (Å²) < 4.78 is 1.97. The Balaban J connectivity index is 1.42. The number of piperazine rings is 1. The third kappa shape index (κ3) is 3.52. The first-order valence-corrected chi connectivity index (χ1v) is 9.18. The molecule has 2 aromatic heterocycles. The minimum atomic E-state index is 0.412. The summed E-state index contributed by atoms with van der Waals surface area (Å²) >= 11 is 6.28. The zero-order valence-electron chi connectivity index (χ0n) is 15.1. The standard InChI is InChI=1S/C18H21ClN8/c1-25-15(24-14-5-2-4-13(19)16(14)25)12-23-17(20)26-8-10-27(11-9-26)18-21-6-3-7-22-18/h2-7H,8-12H2,1H3,(H2,20,23). The van der Waals surface area contributed by atoms with Crippen LogP contribution in [0.15, 0.2) is 41.7 Å². The van der Waals surface area contributed by atoms with Crippen LogP contribution in [0, 0.1) is 0 Å². The predicted molar refractivity (Wildman–Crippen MR) is 107 cm³/mol. The Labute approximate surface area is 162 Å². The Bertz CT molecular complexity index is 960. The van der Waals surface area contributed by atoms with Gasteiger partial charge in [-0.3, -0.25) is 0 Å². The molecular formula is C18H21ClN8. The number of benzene rings is 1. The molecule has 0 unspecified atom stereocenters. The van der Waals surface area contributed by atoms with E-state index in [4.69, 9.17) is 17.3 Å². The minimum absolute atomic E-state index is 0.412. The molecule has 1 fully saturated rings. The monoisotopic (exact) mass is 384 g/mol. The summed E-state index contributed by atoms with van der Waals surface area (Å²) in [5, 5.41) is 0.685. The van der Waals surface area contributed by atoms with Gasteiger partial charge in [0.1, 0.15) is 12.4 Å². The molecule has 1 aliphatic heterocycles. The van der Waals surface area contributed by atoms with Crippen LogP contribution in [0.25, 0.3) is 11.0 Å². The second kappa shape index (κ2) is 7.40. The van der Waals surface area contributed by atoms with Crippen molar-refractivity contribution in [1.29, 1.82) is 0 Å². The normalized spacial score (nSPS) is 15.6. The van der Waals surface area contributed by atoms with Crippen LogP contribution in [-0.4, -0.2) is 56.6 Å². The van der Waals surface area contributed by atoms with E-state index in [9.17, 15) is 0 Å². The number of hydrogen-bond acceptors (Lipinski definition) is 5. The van der Waals surface area contributed by atoms with Crippen molar-refractivity contribution < 1.29 is 0 Å². The lowest BCUT2D eigenvalue weighted by Gasteiger charge is -2.35. The molecule has 0 bridgehead atoms. The molecule has 0 atom stereocenters. The van der Waals surface area contributed by atoms with Crippen molar-refractivity contribution in [2.24, 2.45) is 17.8 Å². The fourth-order valence-corrected chi connectivity index (χ4v) is 3.55. The maximum absolute atomic E-state index is 6.28. The highest BCUT2D eigenvalue weighted by Crippen LogP contribution is 2.23. The van der Waals surface area contributed by atoms with Crippen molar-refractivity contribution >= 4 is 34.5 Å². The Morgan fingerprint density at radius 3 is 2.59 bits per heavy atom. The van der Waals surface area contributed by atoms with Gasteiger partial charge in [-0.1, -0.05) is 17.7 Å². The molecule has 3 aromatic rings. The van der Waals surface area contributed by atoms with Crippen molar-refractivity contribution in [2.45, 2.75) is 6.54 Å². The lowest BCUT2D eigenvalue weighted by atomic mass is 10.3. The summed E-state index contributed by atoms with van der Waals surface area (Å²) in [5.74, 6) is 2.11. The van der Waals surface area contributed by atoms with Crippen molar-refractivity contribution in [3.63, 3.8) is 0 Å². The fourth-order valence-electron chi connectivity index (χ4n) is 3.25. The number of fused-ring (bicyclic) bond motifs is 1. The van der Waals surface area contributed by atoms with Gasteiger partial charge in [0, 0.05) is 45.6 Å². The summed E-state index contributed by atoms with van der Waals surface area (Å²) in [6.45, 7) is 3.59. The van der Waals surface area contributed by atoms with E-state index >= 15 is 0 Å². The van der Waals surface area contributed by atoms with Gasteiger partial charge in [-0.05, 0) is 18.2 Å². The highest BCUT2D eigenvalue weighted by Gasteiger charge is 2.20. The molecule has 9 heteroatoms. The van der Waals surface area contributed by atoms with Crippen molar-refractivity contribution in [3.05, 3.63) is 47.5 Å². The number of aromatic nitrogens is 4. The maximum Gasteiger partial charge on any atom is 0.225 e. The average Bonchev–Trinajstić information content (AvgIpc) is 3.04. The lowest BCUT2D eigenvalue weighted by Crippen LogP contribution is -2.51. The van der Waals surface area contributed by atoms with Crippen LogP contribution in [-0.2, 0) is 13.6 Å². The fraction of sp³-hybridized carbons (Fsp3) is 0.333. The molecule has 0 amide bonds. The number of para-hydroxylation sites is 1. The van der Waals surface area contributed by atoms with Gasteiger partial charge >= 0.3 is 0 Å². The van der Waals surface area contributed by atoms with Gasteiger partial charge in [0.2, 0.25) is 5.95 Å². The summed E-state index contributed by atoms with van der Waals surface area (Å²) in [4.78, 5) is 22.0. The van der Waals surface area contributed by atoms with E-state index < -0.39 is 0 Å². The van der Waals surface area contributed by atoms with Gasteiger partial charge in [0.05, 0.1) is 16.1 Å². The van der Waals surface area contributed by atoms with E-state index in [2.05, 4.69) is 29.7 Å². The summed E-state index contributed by atoms with van der Waals surface area (Å²) in [6, 6.07) is 7.53. The van der Waals surface area contributed by atoms with Crippen LogP contribution in [0.1, 0.15) is 5.82 Å². The smallest absolute Gasteiger partial charge is 0.225 e. The number of aliphatic imine (C=N–C) groups is 1. The molecule has 27 heavy (non-hydrogen) atoms. The summed E-state index contributed by atoms with van der Waals surface area (Å²) in [5.41, 5.74) is 8.00. The first-order valence-electron chi connectivity index (χ1n) is 8.80. The van der Waals surface area contributed by atoms with Crippen LogP contribution in [0.5, 0.6) is 0 Å². The molecule has 0 spiro atoms. The van der Waals surface area contributed by atoms with Gasteiger partial charge < -0.3 is 20.1 Å². The van der Waals surface area contributed by atoms with E-state index in [1.165, 1.54) is 0 Å². The molecular weight excluding hydrogens is 364 g/mol. The van der Waals surface area contributed by atoms with E-state index in [1.54, 1.807) is 12.4 Å². The molecule has 1 aromatic carbocycles. The van der Waals surface area contributed by atoms with Crippen LogP contribution in [0.3, 0.4) is 0 Å². The molecule has 140 valence electrons. The zero-order chi connectivity index (χ0) is 18.8. The molecule has 1 saturated heterocycles. The number of nitrogens with zero attached hydrogens (tertiary/aromatic N) is 7. The molecule has 4 rings (SSSR count). The largest absolute Gasteiger partial charge is 0.370 e. The second-order valence-corrected chi connectivity index (χ2v) is 6.80. The number of hydrogen-bond donors (Lipinski definition) is 1. The molecule has 1 aliphatic rings. The number of imidazole rings is 1. The first-order chi connectivity index (χ1) is 13.1. The SMILES string of the molecule is Cn1c(CN=C(N)N2CCN(c3ncccn3)CC2)nc2cccc(Cl)c21. The number of anilines is 1. The Kier molecular flexibility index (Phi) is 4.81. The van der Waals surface area contributed by atoms with Gasteiger partial charge in [-0.15, -0.1) is 0 Å². The van der Waals surface area contributed by atoms with E-state index in [-0.39, 0.29) is 0 Å². The van der Waals surface area contributed by atoms with E-state index in [0.29, 0.717) is 17.5 Å². The predicted octanol–water partition coefficient (Wildman–Crippen LogP) is 1.65. The van der Waals surface area contributed by atoms with Crippen LogP contribution in [0.2, 0.25) is 5.02 Å². The summed E-state index contributed by atoms with van der Waals surface area (Å²) in [6.07, 6.45) is 3.52. The molecule has 0 radical (unpaired) electrons. The topological polar surface area (TPSA) is 88.5 Å². The highest BCUT2D eigenvalue weighted by atomic mass is 35.5. The van der Waals surface area contributed by atoms with Gasteiger partial charge in [-0.2, -0.15) is 0 Å². The quantitative estimate of drug-likeness (QED) is 0.545. The third-order valence-electron chi connectivity index (χ3n) is 4.76. The van der Waals surface area contributed by atoms with Crippen molar-refractivity contribution in [2.75, 3.05) is 31.1 Å². The molecule has 8 nitrogen and oxygen atoms in total. The number of aryl methyl sites for hydroxylation is 1. The Morgan fingerprint density at radius 1 is 1.15 bits per heavy atom. The highest BCUT2D eigenvalue weighted by molar-refractivity contribution is 6.35. The maximum atomic E-state index is 6.28. The second-order valence-electron chi connectivity index (χ2n) is 6.39. The Morgan fingerprint density at radius 2 is 1.89 bits per heavy atom. The van der Waals surface area contributed by atoms with E-state index in [0.717, 1.165) is 49.0 Å². The van der Waals surface area contributed by atoms with Gasteiger partial charge in [0.25, 0.3) is 0 Å². The zero-order valence-corrected chi connectivity index (χ0v) is 15.8. The number of halogens is 1. The third-order valence-corrected chi connectivity index (χ3v) is 5.06. The molecule has 0 aliphatic carbocycles. The van der Waals surface area contributed by atoms with E-state index in [1.807, 2.05) is 35.9 Å². The lowest BCUT2D eigenvalue weighted by molar-refractivity contribution is 0.378. The number of nitrogens with two attached hydrogens (primary N) is 1. The Hall–Kier alpha value is -2.87. The van der Waals surface area contributed by atoms with Crippen LogP contribution >= 0.6 is 11.6 Å². The average molecular weight is 385 g/mol. The van der Waals surface area contributed by atoms with Gasteiger partial charge in [0.15, 0.2) is 5.96 Å². The first kappa shape index (κ1) is 17.5. The molecule has 2 N–H and O–H groups in total. The van der Waals surface area contributed by atoms with Crippen molar-refractivity contribution in [3.8, 4) is 0 Å². The van der Waals surface area contributed by atoms with Gasteiger partial charge in [-0.25, -0.2) is 19.9 Å².